The van der Waals surface area contributed by atoms with Gasteiger partial charge >= 0.3 is 18.7 Å². The predicted molar refractivity (Wildman–Crippen MR) is 108 cm³/mol. The van der Waals surface area contributed by atoms with Crippen LogP contribution in [0.2, 0.25) is 0 Å². The van der Waals surface area contributed by atoms with Crippen LogP contribution in [0.1, 0.15) is 26.0 Å². The van der Waals surface area contributed by atoms with Crippen molar-refractivity contribution < 1.29 is 18.9 Å². The number of H-pyrrole nitrogens is 1. The van der Waals surface area contributed by atoms with Crippen LogP contribution in [0, 0.1) is 17.0 Å². The molecular formula is C17H20N5O7P. The third-order valence-electron chi connectivity index (χ3n) is 4.50. The summed E-state index contributed by atoms with van der Waals surface area (Å²) in [5, 5.41) is 11.6. The van der Waals surface area contributed by atoms with E-state index in [2.05, 4.69) is 9.97 Å². The smallest absolute Gasteiger partial charge is 0.323 e. The van der Waals surface area contributed by atoms with E-state index in [1.165, 1.54) is 17.0 Å². The van der Waals surface area contributed by atoms with E-state index in [4.69, 9.17) is 4.52 Å². The number of fused-ring (bicyclic) bond motifs is 1. The number of hydrogen-bond acceptors (Lipinski definition) is 7. The lowest BCUT2D eigenvalue weighted by molar-refractivity contribution is -0.384. The molecular weight excluding hydrogens is 417 g/mol. The van der Waals surface area contributed by atoms with Crippen molar-refractivity contribution in [1.82, 2.24) is 19.1 Å². The summed E-state index contributed by atoms with van der Waals surface area (Å²) in [6, 6.07) is 2.38. The number of aryl methyl sites for hydroxylation is 1. The first-order chi connectivity index (χ1) is 14.0. The van der Waals surface area contributed by atoms with E-state index in [0.29, 0.717) is 12.1 Å². The average Bonchev–Trinajstić information content (AvgIpc) is 3.10. The van der Waals surface area contributed by atoms with Gasteiger partial charge in [-0.3, -0.25) is 33.4 Å². The Morgan fingerprint density at radius 2 is 2.10 bits per heavy atom. The predicted octanol–water partition coefficient (Wildman–Crippen LogP) is 2.05. The molecule has 0 aliphatic carbocycles. The Kier molecular flexibility index (Phi) is 5.75. The number of nitrogens with one attached hydrogen (secondary N) is 1. The monoisotopic (exact) mass is 437 g/mol. The van der Waals surface area contributed by atoms with Gasteiger partial charge in [-0.1, -0.05) is 6.92 Å². The molecule has 160 valence electrons. The van der Waals surface area contributed by atoms with Crippen molar-refractivity contribution in [3.63, 3.8) is 0 Å². The third kappa shape index (κ3) is 4.25. The largest absolute Gasteiger partial charge is 0.348 e. The van der Waals surface area contributed by atoms with Crippen LogP contribution >= 0.6 is 7.60 Å². The van der Waals surface area contributed by atoms with Crippen LogP contribution in [0.4, 0.5) is 5.69 Å². The van der Waals surface area contributed by atoms with Gasteiger partial charge in [0.05, 0.1) is 34.1 Å². The molecule has 3 aromatic rings. The number of aromatic amines is 1. The highest BCUT2D eigenvalue weighted by Gasteiger charge is 2.27. The van der Waals surface area contributed by atoms with Crippen LogP contribution in [0.25, 0.3) is 16.7 Å². The van der Waals surface area contributed by atoms with Gasteiger partial charge < -0.3 is 14.4 Å². The summed E-state index contributed by atoms with van der Waals surface area (Å²) in [6.07, 6.45) is 2.05. The Labute approximate surface area is 169 Å². The molecule has 0 fully saturated rings. The van der Waals surface area contributed by atoms with Crippen LogP contribution in [-0.4, -0.2) is 35.0 Å². The number of nitro benzene ring substituents is 1. The van der Waals surface area contributed by atoms with Crippen LogP contribution in [0.15, 0.2) is 34.2 Å². The molecule has 0 spiro atoms. The van der Waals surface area contributed by atoms with Crippen molar-refractivity contribution in [3.8, 4) is 5.69 Å². The van der Waals surface area contributed by atoms with Gasteiger partial charge in [-0.05, 0) is 26.3 Å². The van der Waals surface area contributed by atoms with E-state index < -0.39 is 36.0 Å². The van der Waals surface area contributed by atoms with E-state index in [-0.39, 0.29) is 22.4 Å². The Balaban J connectivity index is 2.28. The second kappa shape index (κ2) is 7.98. The second-order valence-corrected chi connectivity index (χ2v) is 8.60. The van der Waals surface area contributed by atoms with Gasteiger partial charge in [0.2, 0.25) is 0 Å². The minimum absolute atomic E-state index is 0.0320. The molecule has 0 bridgehead atoms. The standard InChI is InChI=1S/C17H20N5O7P/c1-4-11(3)29-30(27,28)9-21-13-6-14(20-7-10(2)18-8-20)15(22(25)26)5-12(13)19-16(23)17(21)24/h5-8,11H,4,9H2,1-3H3,(H,19,23)(H,27,28). The Hall–Kier alpha value is -3.08. The number of imidazole rings is 1. The molecule has 1 aromatic carbocycles. The molecule has 0 radical (unpaired) electrons. The molecule has 2 atom stereocenters. The van der Waals surface area contributed by atoms with Crippen molar-refractivity contribution in [1.29, 1.82) is 0 Å². The molecule has 0 aliphatic rings. The zero-order chi connectivity index (χ0) is 22.2. The van der Waals surface area contributed by atoms with Crippen LogP contribution in [-0.2, 0) is 15.4 Å². The average molecular weight is 437 g/mol. The SMILES string of the molecule is CCC(C)OP(=O)(O)Cn1c(=O)c(=O)[nH]c2cc([N+](=O)[O-])c(-n3cnc(C)c3)cc21. The molecule has 3 rings (SSSR count). The van der Waals surface area contributed by atoms with Crippen molar-refractivity contribution in [3.05, 3.63) is 61.2 Å². The van der Waals surface area contributed by atoms with Gasteiger partial charge in [0, 0.05) is 12.3 Å². The van der Waals surface area contributed by atoms with E-state index in [1.807, 2.05) is 0 Å². The molecule has 30 heavy (non-hydrogen) atoms. The normalized spacial score (nSPS) is 14.5. The molecule has 2 heterocycles. The molecule has 0 saturated heterocycles. The summed E-state index contributed by atoms with van der Waals surface area (Å²) < 4.78 is 19.9. The van der Waals surface area contributed by atoms with Gasteiger partial charge in [0.15, 0.2) is 0 Å². The number of nitro groups is 1. The maximum Gasteiger partial charge on any atom is 0.348 e. The fourth-order valence-electron chi connectivity index (χ4n) is 2.91. The highest BCUT2D eigenvalue weighted by Crippen LogP contribution is 2.45. The highest BCUT2D eigenvalue weighted by molar-refractivity contribution is 7.51. The summed E-state index contributed by atoms with van der Waals surface area (Å²) in [6.45, 7) is 5.06. The fourth-order valence-corrected chi connectivity index (χ4v) is 4.33. The minimum Gasteiger partial charge on any atom is -0.323 e. The lowest BCUT2D eigenvalue weighted by atomic mass is 10.2. The quantitative estimate of drug-likeness (QED) is 0.245. The summed E-state index contributed by atoms with van der Waals surface area (Å²) in [4.78, 5) is 52.0. The number of hydrogen-bond donors (Lipinski definition) is 2. The topological polar surface area (TPSA) is 162 Å². The van der Waals surface area contributed by atoms with E-state index in [0.717, 1.165) is 10.6 Å². The van der Waals surface area contributed by atoms with Gasteiger partial charge in [-0.2, -0.15) is 0 Å². The fraction of sp³-hybridized carbons (Fsp3) is 0.353. The van der Waals surface area contributed by atoms with Crippen LogP contribution in [0.3, 0.4) is 0 Å². The Morgan fingerprint density at radius 3 is 2.67 bits per heavy atom. The zero-order valence-corrected chi connectivity index (χ0v) is 17.3. The number of nitrogens with zero attached hydrogens (tertiary/aromatic N) is 4. The van der Waals surface area contributed by atoms with E-state index in [1.54, 1.807) is 27.0 Å². The molecule has 2 N–H and O–H groups in total. The molecule has 0 amide bonds. The van der Waals surface area contributed by atoms with Gasteiger partial charge in [0.25, 0.3) is 5.69 Å². The van der Waals surface area contributed by atoms with Crippen molar-refractivity contribution in [2.75, 3.05) is 0 Å². The summed E-state index contributed by atoms with van der Waals surface area (Å²) in [5.74, 6) is 0. The highest BCUT2D eigenvalue weighted by atomic mass is 31.2. The summed E-state index contributed by atoms with van der Waals surface area (Å²) in [5.41, 5.74) is -1.82. The van der Waals surface area contributed by atoms with E-state index >= 15 is 0 Å². The Morgan fingerprint density at radius 1 is 1.40 bits per heavy atom. The Bertz CT molecular complexity index is 1290. The number of benzene rings is 1. The molecule has 0 saturated carbocycles. The first kappa shape index (κ1) is 21.6. The van der Waals surface area contributed by atoms with Crippen LogP contribution < -0.4 is 11.1 Å². The lowest BCUT2D eigenvalue weighted by Crippen LogP contribution is -2.36. The molecule has 13 heteroatoms. The third-order valence-corrected chi connectivity index (χ3v) is 5.83. The van der Waals surface area contributed by atoms with Gasteiger partial charge in [-0.25, -0.2) is 4.98 Å². The summed E-state index contributed by atoms with van der Waals surface area (Å²) in [7, 11) is -4.29. The minimum atomic E-state index is -4.29. The maximum atomic E-state index is 12.5. The molecule has 2 aromatic heterocycles. The van der Waals surface area contributed by atoms with Crippen molar-refractivity contribution in [2.24, 2.45) is 0 Å². The first-order valence-electron chi connectivity index (χ1n) is 8.99. The number of aromatic nitrogens is 4. The van der Waals surface area contributed by atoms with Crippen LogP contribution in [0.5, 0.6) is 0 Å². The van der Waals surface area contributed by atoms with Crippen molar-refractivity contribution >= 4 is 24.3 Å². The molecule has 2 unspecified atom stereocenters. The molecule has 12 nitrogen and oxygen atoms in total. The van der Waals surface area contributed by atoms with Crippen molar-refractivity contribution in [2.45, 2.75) is 39.6 Å². The summed E-state index contributed by atoms with van der Waals surface area (Å²) >= 11 is 0. The lowest BCUT2D eigenvalue weighted by Gasteiger charge is -2.19. The van der Waals surface area contributed by atoms with Gasteiger partial charge in [0.1, 0.15) is 12.0 Å². The zero-order valence-electron chi connectivity index (χ0n) is 16.4. The second-order valence-electron chi connectivity index (χ2n) is 6.83. The molecule has 0 aliphatic heterocycles. The van der Waals surface area contributed by atoms with Gasteiger partial charge in [-0.15, -0.1) is 0 Å². The van der Waals surface area contributed by atoms with E-state index in [9.17, 15) is 29.2 Å². The first-order valence-corrected chi connectivity index (χ1v) is 10.7. The number of rotatable bonds is 7. The maximum absolute atomic E-state index is 12.5.